The number of ketones is 1. The molecule has 1 heteroatoms. The Hall–Kier alpha value is -0.590. The number of hydrogen-bond donors (Lipinski definition) is 0. The molecule has 1 unspecified atom stereocenters. The molecule has 1 rings (SSSR count). The molecule has 0 amide bonds. The van der Waals surface area contributed by atoms with Crippen LogP contribution < -0.4 is 0 Å². The van der Waals surface area contributed by atoms with Gasteiger partial charge in [0.2, 0.25) is 0 Å². The predicted molar refractivity (Wildman–Crippen MR) is 64.9 cm³/mol. The molecule has 0 saturated heterocycles. The van der Waals surface area contributed by atoms with Crippen molar-refractivity contribution in [3.63, 3.8) is 0 Å². The van der Waals surface area contributed by atoms with Gasteiger partial charge in [-0.2, -0.15) is 0 Å². The summed E-state index contributed by atoms with van der Waals surface area (Å²) in [6, 6.07) is 0. The van der Waals surface area contributed by atoms with Crippen LogP contribution in [0, 0.1) is 5.92 Å². The second-order valence-corrected chi connectivity index (χ2v) is 4.70. The summed E-state index contributed by atoms with van der Waals surface area (Å²) in [7, 11) is 0. The lowest BCUT2D eigenvalue weighted by Crippen LogP contribution is -2.07. The van der Waals surface area contributed by atoms with E-state index in [1.54, 1.807) is 0 Å². The Morgan fingerprint density at radius 3 is 2.33 bits per heavy atom. The zero-order chi connectivity index (χ0) is 10.9. The van der Waals surface area contributed by atoms with E-state index in [4.69, 9.17) is 0 Å². The van der Waals surface area contributed by atoms with E-state index in [9.17, 15) is 4.79 Å². The van der Waals surface area contributed by atoms with E-state index >= 15 is 0 Å². The number of rotatable bonds is 0. The lowest BCUT2D eigenvalue weighted by atomic mass is 10.00. The van der Waals surface area contributed by atoms with Crippen molar-refractivity contribution in [3.8, 4) is 0 Å². The van der Waals surface area contributed by atoms with Crippen LogP contribution in [-0.4, -0.2) is 5.78 Å². The summed E-state index contributed by atoms with van der Waals surface area (Å²) in [6.07, 6.45) is 15.2. The van der Waals surface area contributed by atoms with Crippen LogP contribution in [0.1, 0.15) is 64.7 Å². The quantitative estimate of drug-likeness (QED) is 0.543. The van der Waals surface area contributed by atoms with Gasteiger partial charge in [-0.3, -0.25) is 4.79 Å². The molecule has 0 N–H and O–H groups in total. The van der Waals surface area contributed by atoms with Crippen molar-refractivity contribution < 1.29 is 4.79 Å². The van der Waals surface area contributed by atoms with Crippen molar-refractivity contribution in [3.05, 3.63) is 12.2 Å². The Balaban J connectivity index is 2.37. The van der Waals surface area contributed by atoms with E-state index in [2.05, 4.69) is 12.2 Å². The molecule has 1 aliphatic carbocycles. The third-order valence-corrected chi connectivity index (χ3v) is 3.23. The summed E-state index contributed by atoms with van der Waals surface area (Å²) in [4.78, 5) is 11.7. The first kappa shape index (κ1) is 12.5. The third-order valence-electron chi connectivity index (χ3n) is 3.23. The normalized spacial score (nSPS) is 26.5. The van der Waals surface area contributed by atoms with E-state index in [0.717, 1.165) is 19.3 Å². The molecule has 0 saturated carbocycles. The average molecular weight is 208 g/mol. The fraction of sp³-hybridized carbons (Fsp3) is 0.786. The Bertz CT molecular complexity index is 205. The Labute approximate surface area is 93.9 Å². The molecular formula is C14H24O. The molecule has 1 aliphatic rings. The highest BCUT2D eigenvalue weighted by Gasteiger charge is 2.08. The largest absolute Gasteiger partial charge is 0.299 e. The number of carbonyl (C=O) groups is 1. The van der Waals surface area contributed by atoms with Crippen molar-refractivity contribution in [2.24, 2.45) is 5.92 Å². The van der Waals surface area contributed by atoms with E-state index < -0.39 is 0 Å². The van der Waals surface area contributed by atoms with Gasteiger partial charge in [-0.05, 0) is 19.3 Å². The van der Waals surface area contributed by atoms with E-state index in [1.165, 1.54) is 38.5 Å². The number of allylic oxidation sites excluding steroid dienone is 2. The van der Waals surface area contributed by atoms with Crippen molar-refractivity contribution >= 4 is 5.78 Å². The lowest BCUT2D eigenvalue weighted by molar-refractivity contribution is -0.121. The monoisotopic (exact) mass is 208 g/mol. The molecule has 1 atom stereocenters. The summed E-state index contributed by atoms with van der Waals surface area (Å²) < 4.78 is 0. The molecule has 0 spiro atoms. The molecule has 0 bridgehead atoms. The van der Waals surface area contributed by atoms with Gasteiger partial charge in [0.15, 0.2) is 0 Å². The molecule has 86 valence electrons. The fourth-order valence-corrected chi connectivity index (χ4v) is 2.08. The van der Waals surface area contributed by atoms with E-state index in [1.807, 2.05) is 6.92 Å². The van der Waals surface area contributed by atoms with Gasteiger partial charge in [-0.1, -0.05) is 51.2 Å². The van der Waals surface area contributed by atoms with Gasteiger partial charge in [-0.15, -0.1) is 0 Å². The number of Topliss-reactive ketones (excluding diaryl/α,β-unsaturated/α-hetero) is 1. The van der Waals surface area contributed by atoms with Crippen molar-refractivity contribution in [2.75, 3.05) is 0 Å². The van der Waals surface area contributed by atoms with Crippen LogP contribution in [0.5, 0.6) is 0 Å². The Kier molecular flexibility index (Phi) is 6.38. The molecule has 0 aromatic rings. The number of carbonyl (C=O) groups excluding carboxylic acids is 1. The molecule has 15 heavy (non-hydrogen) atoms. The molecule has 0 aromatic carbocycles. The van der Waals surface area contributed by atoms with Crippen LogP contribution in [0.15, 0.2) is 12.2 Å². The maximum Gasteiger partial charge on any atom is 0.139 e. The molecule has 0 aliphatic heterocycles. The van der Waals surface area contributed by atoms with E-state index in [0.29, 0.717) is 5.78 Å². The van der Waals surface area contributed by atoms with Crippen LogP contribution in [-0.2, 0) is 4.79 Å². The maximum absolute atomic E-state index is 11.7. The summed E-state index contributed by atoms with van der Waals surface area (Å²) in [6.45, 7) is 2.03. The van der Waals surface area contributed by atoms with Gasteiger partial charge < -0.3 is 0 Å². The Morgan fingerprint density at radius 1 is 1.00 bits per heavy atom. The van der Waals surface area contributed by atoms with Gasteiger partial charge >= 0.3 is 0 Å². The first-order valence-corrected chi connectivity index (χ1v) is 6.50. The highest BCUT2D eigenvalue weighted by atomic mass is 16.1. The lowest BCUT2D eigenvalue weighted by Gasteiger charge is -2.04. The molecule has 0 heterocycles. The van der Waals surface area contributed by atoms with E-state index in [-0.39, 0.29) is 5.92 Å². The van der Waals surface area contributed by atoms with Crippen molar-refractivity contribution in [2.45, 2.75) is 64.7 Å². The molecular weight excluding hydrogens is 184 g/mol. The van der Waals surface area contributed by atoms with Gasteiger partial charge in [0.05, 0.1) is 0 Å². The van der Waals surface area contributed by atoms with Crippen LogP contribution >= 0.6 is 0 Å². The maximum atomic E-state index is 11.7. The third kappa shape index (κ3) is 5.76. The fourth-order valence-electron chi connectivity index (χ4n) is 2.08. The summed E-state index contributed by atoms with van der Waals surface area (Å²) in [5, 5.41) is 0. The van der Waals surface area contributed by atoms with Gasteiger partial charge in [0.25, 0.3) is 0 Å². The van der Waals surface area contributed by atoms with Crippen molar-refractivity contribution in [1.82, 2.24) is 0 Å². The zero-order valence-corrected chi connectivity index (χ0v) is 10.0. The molecule has 1 nitrogen and oxygen atoms in total. The minimum atomic E-state index is 0.144. The van der Waals surface area contributed by atoms with Crippen LogP contribution in [0.4, 0.5) is 0 Å². The van der Waals surface area contributed by atoms with Gasteiger partial charge in [0.1, 0.15) is 5.78 Å². The summed E-state index contributed by atoms with van der Waals surface area (Å²) in [5.74, 6) is 0.566. The standard InChI is InChI=1S/C14H24O/c1-13-11-9-7-5-3-2-4-6-8-10-12-14(13)15/h9,11,13H,2-8,10,12H2,1H3. The highest BCUT2D eigenvalue weighted by Crippen LogP contribution is 2.14. The average Bonchev–Trinajstić information content (AvgIpc) is 2.25. The van der Waals surface area contributed by atoms with Gasteiger partial charge in [0, 0.05) is 12.3 Å². The van der Waals surface area contributed by atoms with Crippen LogP contribution in [0.25, 0.3) is 0 Å². The minimum absolute atomic E-state index is 0.144. The second kappa shape index (κ2) is 7.67. The second-order valence-electron chi connectivity index (χ2n) is 4.70. The highest BCUT2D eigenvalue weighted by molar-refractivity contribution is 5.82. The zero-order valence-electron chi connectivity index (χ0n) is 10.0. The molecule has 0 aromatic heterocycles. The predicted octanol–water partition coefficient (Wildman–Crippen LogP) is 4.27. The minimum Gasteiger partial charge on any atom is -0.299 e. The summed E-state index contributed by atoms with van der Waals surface area (Å²) in [5.41, 5.74) is 0. The number of hydrogen-bond acceptors (Lipinski definition) is 1. The first-order valence-electron chi connectivity index (χ1n) is 6.50. The smallest absolute Gasteiger partial charge is 0.139 e. The van der Waals surface area contributed by atoms with Crippen LogP contribution in [0.3, 0.4) is 0 Å². The van der Waals surface area contributed by atoms with Crippen molar-refractivity contribution in [1.29, 1.82) is 0 Å². The van der Waals surface area contributed by atoms with Gasteiger partial charge in [-0.25, -0.2) is 0 Å². The molecule has 0 radical (unpaired) electrons. The summed E-state index contributed by atoms with van der Waals surface area (Å²) >= 11 is 0. The Morgan fingerprint density at radius 2 is 1.60 bits per heavy atom. The SMILES string of the molecule is CC1C=CCCCCCCCCCC1=O. The van der Waals surface area contributed by atoms with Crippen LogP contribution in [0.2, 0.25) is 0 Å². The topological polar surface area (TPSA) is 17.1 Å². The molecule has 0 fully saturated rings. The first-order chi connectivity index (χ1) is 7.30.